The molecule has 5 rings (SSSR count). The lowest BCUT2D eigenvalue weighted by molar-refractivity contribution is 0.0690. The first kappa shape index (κ1) is 21.3. The van der Waals surface area contributed by atoms with Gasteiger partial charge in [-0.15, -0.1) is 0 Å². The Kier molecular flexibility index (Phi) is 5.67. The number of carbonyl (C=O) groups is 1. The van der Waals surface area contributed by atoms with E-state index in [9.17, 15) is 9.90 Å². The minimum Gasteiger partial charge on any atom is -0.477 e. The van der Waals surface area contributed by atoms with Crippen LogP contribution in [0.4, 0.5) is 5.69 Å². The number of benzene rings is 3. The van der Waals surface area contributed by atoms with E-state index in [2.05, 4.69) is 66.2 Å². The number of anilines is 1. The molecule has 4 nitrogen and oxygen atoms in total. The molecule has 0 spiro atoms. The lowest BCUT2D eigenvalue weighted by Crippen LogP contribution is -2.30. The molecule has 4 aromatic rings. The van der Waals surface area contributed by atoms with Crippen molar-refractivity contribution in [2.75, 3.05) is 11.4 Å². The second-order valence-electron chi connectivity index (χ2n) is 9.16. The van der Waals surface area contributed by atoms with E-state index in [1.807, 2.05) is 24.3 Å². The number of carboxylic acids is 1. The molecule has 1 aliphatic rings. The number of para-hydroxylation sites is 2. The van der Waals surface area contributed by atoms with Crippen LogP contribution in [0.25, 0.3) is 22.0 Å². The molecule has 1 aromatic heterocycles. The number of H-pyrrole nitrogens is 1. The normalized spacial score (nSPS) is 15.2. The highest BCUT2D eigenvalue weighted by Gasteiger charge is 2.25. The third-order valence-electron chi connectivity index (χ3n) is 7.01. The van der Waals surface area contributed by atoms with E-state index < -0.39 is 5.97 Å². The average Bonchev–Trinajstić information content (AvgIpc) is 3.34. The van der Waals surface area contributed by atoms with Crippen molar-refractivity contribution in [2.24, 2.45) is 0 Å². The van der Waals surface area contributed by atoms with E-state index in [-0.39, 0.29) is 0 Å². The number of aromatic nitrogens is 1. The van der Waals surface area contributed by atoms with Crippen LogP contribution in [0.5, 0.6) is 0 Å². The number of unbranched alkanes of at least 4 members (excludes halogenated alkanes) is 1. The summed E-state index contributed by atoms with van der Waals surface area (Å²) in [7, 11) is 0. The fraction of sp³-hybridized carbons (Fsp3) is 0.276. The van der Waals surface area contributed by atoms with E-state index in [1.165, 1.54) is 16.8 Å². The molecule has 0 amide bonds. The van der Waals surface area contributed by atoms with E-state index in [1.54, 1.807) is 0 Å². The maximum atomic E-state index is 12.1. The Morgan fingerprint density at radius 3 is 2.58 bits per heavy atom. The Labute approximate surface area is 194 Å². The highest BCUT2D eigenvalue weighted by Crippen LogP contribution is 2.35. The Morgan fingerprint density at radius 1 is 1.00 bits per heavy atom. The molecule has 0 saturated carbocycles. The minimum absolute atomic E-state index is 0.325. The summed E-state index contributed by atoms with van der Waals surface area (Å²) in [4.78, 5) is 17.8. The predicted molar refractivity (Wildman–Crippen MR) is 135 cm³/mol. The van der Waals surface area contributed by atoms with Gasteiger partial charge in [-0.25, -0.2) is 4.79 Å². The van der Waals surface area contributed by atoms with E-state index >= 15 is 0 Å². The van der Waals surface area contributed by atoms with Crippen LogP contribution in [-0.2, 0) is 12.8 Å². The van der Waals surface area contributed by atoms with Gasteiger partial charge in [0, 0.05) is 29.2 Å². The fourth-order valence-electron chi connectivity index (χ4n) is 5.37. The van der Waals surface area contributed by atoms with Crippen molar-refractivity contribution >= 4 is 22.6 Å². The van der Waals surface area contributed by atoms with Gasteiger partial charge in [0.2, 0.25) is 0 Å². The second-order valence-corrected chi connectivity index (χ2v) is 9.16. The van der Waals surface area contributed by atoms with Crippen LogP contribution >= 0.6 is 0 Å². The Hall–Kier alpha value is -3.53. The average molecular weight is 439 g/mol. The molecule has 0 aliphatic carbocycles. The summed E-state index contributed by atoms with van der Waals surface area (Å²) in [5.41, 5.74) is 8.31. The molecule has 2 heterocycles. The first-order valence-corrected chi connectivity index (χ1v) is 11.8. The number of nitrogens with one attached hydrogen (secondary N) is 1. The van der Waals surface area contributed by atoms with Gasteiger partial charge in [0.15, 0.2) is 0 Å². The highest BCUT2D eigenvalue weighted by atomic mass is 16.4. The molecule has 0 fully saturated rings. The molecule has 1 atom stereocenters. The fourth-order valence-corrected chi connectivity index (χ4v) is 5.37. The van der Waals surface area contributed by atoms with Crippen LogP contribution in [-0.4, -0.2) is 28.6 Å². The predicted octanol–water partition coefficient (Wildman–Crippen LogP) is 6.62. The summed E-state index contributed by atoms with van der Waals surface area (Å²) in [6, 6.07) is 23.6. The molecular formula is C29H30N2O2. The standard InChI is InChI=1S/C29H30N2O2/c1-19-10-3-5-12-22(19)23-14-9-15-24-25(28(29(32)33)30-27(23)24)13-7-8-17-31-20(2)18-21-11-4-6-16-26(21)31/h3-6,9-12,14-16,20,30H,7-8,13,17-18H2,1-2H3,(H,32,33). The maximum Gasteiger partial charge on any atom is 0.352 e. The Morgan fingerprint density at radius 2 is 1.76 bits per heavy atom. The SMILES string of the molecule is Cc1ccccc1-c1cccc2c(CCCCN3c4ccccc4CC3C)c(C(=O)O)[nH]c12. The zero-order chi connectivity index (χ0) is 22.9. The molecule has 1 unspecified atom stereocenters. The summed E-state index contributed by atoms with van der Waals surface area (Å²) in [6.07, 6.45) is 3.83. The van der Waals surface area contributed by atoms with E-state index in [0.717, 1.165) is 59.8 Å². The number of nitrogens with zero attached hydrogens (tertiary/aromatic N) is 1. The van der Waals surface area contributed by atoms with Crippen molar-refractivity contribution in [1.29, 1.82) is 0 Å². The summed E-state index contributed by atoms with van der Waals surface area (Å²) in [5.74, 6) is -0.890. The third kappa shape index (κ3) is 3.91. The van der Waals surface area contributed by atoms with Gasteiger partial charge in [-0.3, -0.25) is 0 Å². The van der Waals surface area contributed by atoms with Crippen molar-refractivity contribution in [3.8, 4) is 11.1 Å². The molecule has 33 heavy (non-hydrogen) atoms. The Balaban J connectivity index is 1.38. The van der Waals surface area contributed by atoms with Crippen molar-refractivity contribution < 1.29 is 9.90 Å². The van der Waals surface area contributed by atoms with Crippen LogP contribution < -0.4 is 4.90 Å². The number of aromatic amines is 1. The maximum absolute atomic E-state index is 12.1. The molecule has 2 N–H and O–H groups in total. The van der Waals surface area contributed by atoms with Gasteiger partial charge >= 0.3 is 5.97 Å². The lowest BCUT2D eigenvalue weighted by atomic mass is 9.97. The topological polar surface area (TPSA) is 56.3 Å². The van der Waals surface area contributed by atoms with Crippen LogP contribution in [0.2, 0.25) is 0 Å². The molecule has 0 bridgehead atoms. The van der Waals surface area contributed by atoms with Gasteiger partial charge in [0.1, 0.15) is 5.69 Å². The molecule has 0 saturated heterocycles. The number of aromatic carboxylic acids is 1. The molecule has 1 aliphatic heterocycles. The van der Waals surface area contributed by atoms with Crippen molar-refractivity contribution in [1.82, 2.24) is 4.98 Å². The number of hydrogen-bond donors (Lipinski definition) is 2. The van der Waals surface area contributed by atoms with Crippen LogP contribution in [0.3, 0.4) is 0 Å². The summed E-state index contributed by atoms with van der Waals surface area (Å²) < 4.78 is 0. The van der Waals surface area contributed by atoms with Gasteiger partial charge in [-0.2, -0.15) is 0 Å². The molecular weight excluding hydrogens is 408 g/mol. The third-order valence-corrected chi connectivity index (χ3v) is 7.01. The van der Waals surface area contributed by atoms with Crippen LogP contribution in [0, 0.1) is 6.92 Å². The first-order chi connectivity index (χ1) is 16.0. The monoisotopic (exact) mass is 438 g/mol. The summed E-state index contributed by atoms with van der Waals surface area (Å²) >= 11 is 0. The van der Waals surface area contributed by atoms with E-state index in [0.29, 0.717) is 11.7 Å². The molecule has 4 heteroatoms. The summed E-state index contributed by atoms with van der Waals surface area (Å²) in [5, 5.41) is 10.9. The summed E-state index contributed by atoms with van der Waals surface area (Å²) in [6.45, 7) is 5.38. The molecule has 168 valence electrons. The number of carboxylic acid groups (broad SMARTS) is 1. The molecule has 3 aromatic carbocycles. The first-order valence-electron chi connectivity index (χ1n) is 11.8. The molecule has 0 radical (unpaired) electrons. The minimum atomic E-state index is -0.890. The van der Waals surface area contributed by atoms with Gasteiger partial charge in [0.25, 0.3) is 0 Å². The van der Waals surface area contributed by atoms with Gasteiger partial charge in [-0.1, -0.05) is 60.7 Å². The highest BCUT2D eigenvalue weighted by molar-refractivity contribution is 6.03. The van der Waals surface area contributed by atoms with Crippen LogP contribution in [0.15, 0.2) is 66.7 Å². The van der Waals surface area contributed by atoms with Gasteiger partial charge in [-0.05, 0) is 67.9 Å². The lowest BCUT2D eigenvalue weighted by Gasteiger charge is -2.24. The van der Waals surface area contributed by atoms with Crippen molar-refractivity contribution in [3.05, 3.63) is 89.1 Å². The van der Waals surface area contributed by atoms with Crippen molar-refractivity contribution in [2.45, 2.75) is 45.6 Å². The quantitative estimate of drug-likeness (QED) is 0.319. The number of hydrogen-bond acceptors (Lipinski definition) is 2. The van der Waals surface area contributed by atoms with Gasteiger partial charge < -0.3 is 15.0 Å². The van der Waals surface area contributed by atoms with E-state index in [4.69, 9.17) is 0 Å². The number of fused-ring (bicyclic) bond motifs is 2. The zero-order valence-electron chi connectivity index (χ0n) is 19.3. The van der Waals surface area contributed by atoms with Crippen molar-refractivity contribution in [3.63, 3.8) is 0 Å². The number of rotatable bonds is 7. The largest absolute Gasteiger partial charge is 0.477 e. The zero-order valence-corrected chi connectivity index (χ0v) is 19.3. The number of aryl methyl sites for hydroxylation is 2. The Bertz CT molecular complexity index is 1320. The van der Waals surface area contributed by atoms with Crippen LogP contribution in [0.1, 0.15) is 46.9 Å². The second kappa shape index (κ2) is 8.78. The smallest absolute Gasteiger partial charge is 0.352 e. The van der Waals surface area contributed by atoms with Gasteiger partial charge in [0.05, 0.1) is 5.52 Å².